The van der Waals surface area contributed by atoms with Crippen molar-refractivity contribution in [2.75, 3.05) is 13.1 Å². The predicted octanol–water partition coefficient (Wildman–Crippen LogP) is 2.98. The van der Waals surface area contributed by atoms with Gasteiger partial charge < -0.3 is 14.8 Å². The second-order valence-corrected chi connectivity index (χ2v) is 7.35. The van der Waals surface area contributed by atoms with Gasteiger partial charge in [-0.05, 0) is 25.3 Å². The van der Waals surface area contributed by atoms with E-state index in [-0.39, 0.29) is 18.6 Å². The first-order valence-electron chi connectivity index (χ1n) is 9.25. The number of amides is 1. The molecule has 0 saturated carbocycles. The first kappa shape index (κ1) is 18.4. The highest BCUT2D eigenvalue weighted by molar-refractivity contribution is 6.02. The Morgan fingerprint density at radius 2 is 2.15 bits per heavy atom. The zero-order valence-electron chi connectivity index (χ0n) is 15.4. The Morgan fingerprint density at radius 1 is 1.38 bits per heavy atom. The number of nitrogens with zero attached hydrogens (tertiary/aromatic N) is 2. The third kappa shape index (κ3) is 3.59. The highest BCUT2D eigenvalue weighted by Crippen LogP contribution is 2.38. The van der Waals surface area contributed by atoms with Crippen molar-refractivity contribution in [1.29, 1.82) is 0 Å². The third-order valence-electron chi connectivity index (χ3n) is 5.49. The van der Waals surface area contributed by atoms with Crippen molar-refractivity contribution >= 4 is 17.6 Å². The monoisotopic (exact) mass is 358 g/mol. The molecule has 0 radical (unpaired) electrons. The number of piperidine rings is 1. The fourth-order valence-electron chi connectivity index (χ4n) is 4.03. The van der Waals surface area contributed by atoms with Crippen LogP contribution in [0.5, 0.6) is 0 Å². The van der Waals surface area contributed by atoms with Gasteiger partial charge in [0.2, 0.25) is 5.91 Å². The second-order valence-electron chi connectivity index (χ2n) is 7.35. The first-order valence-corrected chi connectivity index (χ1v) is 9.25. The molecule has 2 atom stereocenters. The van der Waals surface area contributed by atoms with E-state index in [0.717, 1.165) is 16.8 Å². The molecule has 140 valence electrons. The van der Waals surface area contributed by atoms with E-state index in [1.807, 2.05) is 38.1 Å². The molecule has 6 nitrogen and oxygen atoms in total. The Bertz CT molecular complexity index is 730. The van der Waals surface area contributed by atoms with Crippen LogP contribution in [0.3, 0.4) is 0 Å². The van der Waals surface area contributed by atoms with Crippen LogP contribution in [0.2, 0.25) is 0 Å². The minimum atomic E-state index is -0.954. The van der Waals surface area contributed by atoms with Gasteiger partial charge in [0.05, 0.1) is 11.1 Å². The van der Waals surface area contributed by atoms with E-state index in [9.17, 15) is 14.7 Å². The fraction of sp³-hybridized carbons (Fsp3) is 0.550. The van der Waals surface area contributed by atoms with E-state index >= 15 is 0 Å². The van der Waals surface area contributed by atoms with E-state index < -0.39 is 11.4 Å². The molecule has 2 aliphatic rings. The summed E-state index contributed by atoms with van der Waals surface area (Å²) in [7, 11) is 0. The quantitative estimate of drug-likeness (QED) is 0.877. The van der Waals surface area contributed by atoms with E-state index in [1.54, 1.807) is 4.90 Å². The topological polar surface area (TPSA) is 79.2 Å². The molecule has 0 bridgehead atoms. The number of rotatable bonds is 5. The van der Waals surface area contributed by atoms with Gasteiger partial charge in [0.1, 0.15) is 6.10 Å². The third-order valence-corrected chi connectivity index (χ3v) is 5.49. The number of carboxylic acid groups (broad SMARTS) is 1. The number of carbonyl (C=O) groups excluding carboxylic acids is 1. The van der Waals surface area contributed by atoms with Gasteiger partial charge in [-0.25, -0.2) is 0 Å². The summed E-state index contributed by atoms with van der Waals surface area (Å²) >= 11 is 0. The van der Waals surface area contributed by atoms with Gasteiger partial charge in [-0.2, -0.15) is 0 Å². The number of aryl methyl sites for hydroxylation is 1. The van der Waals surface area contributed by atoms with Gasteiger partial charge in [-0.15, -0.1) is 0 Å². The van der Waals surface area contributed by atoms with Crippen LogP contribution in [0, 0.1) is 12.3 Å². The molecule has 1 aromatic rings. The van der Waals surface area contributed by atoms with Gasteiger partial charge in [-0.1, -0.05) is 36.3 Å². The van der Waals surface area contributed by atoms with Crippen molar-refractivity contribution in [2.24, 2.45) is 10.6 Å². The number of benzene rings is 1. The van der Waals surface area contributed by atoms with Gasteiger partial charge in [0.25, 0.3) is 0 Å². The van der Waals surface area contributed by atoms with Crippen LogP contribution in [-0.4, -0.2) is 46.8 Å². The van der Waals surface area contributed by atoms with Crippen LogP contribution < -0.4 is 0 Å². The summed E-state index contributed by atoms with van der Waals surface area (Å²) in [6.07, 6.45) is 2.37. The maximum atomic E-state index is 12.1. The van der Waals surface area contributed by atoms with Gasteiger partial charge in [0.15, 0.2) is 0 Å². The predicted molar refractivity (Wildman–Crippen MR) is 98.0 cm³/mol. The number of likely N-dealkylation sites (tertiary alicyclic amines) is 1. The first-order chi connectivity index (χ1) is 12.4. The summed E-state index contributed by atoms with van der Waals surface area (Å²) in [6, 6.07) is 7.98. The van der Waals surface area contributed by atoms with Crippen LogP contribution in [-0.2, 0) is 14.4 Å². The summed E-state index contributed by atoms with van der Waals surface area (Å²) in [5, 5.41) is 14.1. The highest BCUT2D eigenvalue weighted by atomic mass is 16.6. The number of carbonyl (C=O) groups is 2. The van der Waals surface area contributed by atoms with Crippen molar-refractivity contribution in [3.8, 4) is 0 Å². The molecule has 0 unspecified atom stereocenters. The van der Waals surface area contributed by atoms with E-state index in [2.05, 4.69) is 5.16 Å². The number of aliphatic carboxylic acids is 1. The van der Waals surface area contributed by atoms with E-state index in [0.29, 0.717) is 38.6 Å². The summed E-state index contributed by atoms with van der Waals surface area (Å²) in [5.74, 6) is -0.835. The minimum absolute atomic E-state index is 0.0134. The van der Waals surface area contributed by atoms with Crippen molar-refractivity contribution in [2.45, 2.75) is 52.1 Å². The molecule has 2 heterocycles. The number of oxime groups is 1. The number of hydrogen-bond acceptors (Lipinski definition) is 4. The average molecular weight is 358 g/mol. The lowest BCUT2D eigenvalue weighted by Gasteiger charge is -2.40. The number of hydrogen-bond donors (Lipinski definition) is 1. The van der Waals surface area contributed by atoms with Crippen LogP contribution >= 0.6 is 0 Å². The molecule has 6 heteroatoms. The second kappa shape index (κ2) is 7.48. The zero-order valence-corrected chi connectivity index (χ0v) is 15.4. The Hall–Kier alpha value is -2.37. The van der Waals surface area contributed by atoms with Crippen LogP contribution in [0.25, 0.3) is 0 Å². The minimum Gasteiger partial charge on any atom is -0.481 e. The van der Waals surface area contributed by atoms with Crippen LogP contribution in [0.15, 0.2) is 29.4 Å². The molecule has 2 aliphatic heterocycles. The lowest BCUT2D eigenvalue weighted by molar-refractivity contribution is -0.158. The number of carboxylic acids is 1. The zero-order chi connectivity index (χ0) is 18.7. The lowest BCUT2D eigenvalue weighted by Crippen LogP contribution is -2.51. The highest BCUT2D eigenvalue weighted by Gasteiger charge is 2.46. The Labute approximate surface area is 153 Å². The molecule has 1 N–H and O–H groups in total. The summed E-state index contributed by atoms with van der Waals surface area (Å²) in [4.78, 5) is 31.4. The molecule has 1 fully saturated rings. The molecular formula is C20H26N2O4. The smallest absolute Gasteiger partial charge is 0.311 e. The average Bonchev–Trinajstić information content (AvgIpc) is 3.09. The molecule has 1 amide bonds. The van der Waals surface area contributed by atoms with Crippen LogP contribution in [0.4, 0.5) is 0 Å². The van der Waals surface area contributed by atoms with Crippen molar-refractivity contribution in [3.05, 3.63) is 35.4 Å². The maximum absolute atomic E-state index is 12.1. The van der Waals surface area contributed by atoms with E-state index in [1.165, 1.54) is 0 Å². The standard InChI is InChI=1S/C20H26N2O4/c1-3-18(23)22-10-6-9-20(13-22,19(24)25)12-15-11-17(21-26-15)16-8-5-4-7-14(16)2/h4-5,7-8,15H,3,6,9-13H2,1-2H3,(H,24,25)/t15-,20+/m1/s1. The SMILES string of the molecule is CCC(=O)N1CCC[C@@](C[C@H]2CC(c3ccccc3C)=NO2)(C(=O)O)C1. The molecular weight excluding hydrogens is 332 g/mol. The molecule has 0 aliphatic carbocycles. The Kier molecular flexibility index (Phi) is 5.30. The van der Waals surface area contributed by atoms with Gasteiger partial charge in [0, 0.05) is 37.9 Å². The molecule has 3 rings (SSSR count). The van der Waals surface area contributed by atoms with Crippen molar-refractivity contribution < 1.29 is 19.5 Å². The summed E-state index contributed by atoms with van der Waals surface area (Å²) < 4.78 is 0. The van der Waals surface area contributed by atoms with Gasteiger partial charge >= 0.3 is 5.97 Å². The fourth-order valence-corrected chi connectivity index (χ4v) is 4.03. The van der Waals surface area contributed by atoms with Crippen molar-refractivity contribution in [3.63, 3.8) is 0 Å². The van der Waals surface area contributed by atoms with E-state index in [4.69, 9.17) is 4.84 Å². The van der Waals surface area contributed by atoms with Crippen molar-refractivity contribution in [1.82, 2.24) is 4.90 Å². The normalized spacial score (nSPS) is 25.5. The molecule has 0 aromatic heterocycles. The largest absolute Gasteiger partial charge is 0.481 e. The Balaban J connectivity index is 1.71. The van der Waals surface area contributed by atoms with Gasteiger partial charge in [-0.3, -0.25) is 9.59 Å². The summed E-state index contributed by atoms with van der Waals surface area (Å²) in [6.45, 7) is 4.73. The maximum Gasteiger partial charge on any atom is 0.311 e. The Morgan fingerprint density at radius 3 is 2.85 bits per heavy atom. The molecule has 0 spiro atoms. The summed E-state index contributed by atoms with van der Waals surface area (Å²) in [5.41, 5.74) is 2.09. The molecule has 1 aromatic carbocycles. The lowest BCUT2D eigenvalue weighted by atomic mass is 9.74. The van der Waals surface area contributed by atoms with Crippen LogP contribution in [0.1, 0.15) is 50.2 Å². The molecule has 26 heavy (non-hydrogen) atoms. The molecule has 1 saturated heterocycles.